The molecule has 2 amide bonds. The maximum atomic E-state index is 12.7. The van der Waals surface area contributed by atoms with Gasteiger partial charge in [-0.1, -0.05) is 26.7 Å². The zero-order valence-electron chi connectivity index (χ0n) is 29.1. The van der Waals surface area contributed by atoms with Crippen molar-refractivity contribution in [1.29, 1.82) is 0 Å². The van der Waals surface area contributed by atoms with E-state index >= 15 is 0 Å². The molecular weight excluding hydrogens is 660 g/mol. The Morgan fingerprint density at radius 3 is 1.02 bits per heavy atom. The Morgan fingerprint density at radius 2 is 0.712 bits per heavy atom. The van der Waals surface area contributed by atoms with Crippen LogP contribution < -0.4 is 20.1 Å². The summed E-state index contributed by atoms with van der Waals surface area (Å²) in [5.41, 5.74) is 2.80. The number of nitrogens with one attached hydrogen (secondary N) is 2. The van der Waals surface area contributed by atoms with Crippen molar-refractivity contribution in [2.24, 2.45) is 0 Å². The van der Waals surface area contributed by atoms with Gasteiger partial charge in [0.05, 0.1) is 24.3 Å². The highest BCUT2D eigenvalue weighted by molar-refractivity contribution is 6.05. The molecule has 0 aromatic heterocycles. The monoisotopic (exact) mass is 700 g/mol. The number of rotatable bonds is 16. The minimum absolute atomic E-state index is 0.306. The molecule has 52 heavy (non-hydrogen) atoms. The Bertz CT molecular complexity index is 1790. The number of benzene rings is 5. The third-order valence-electron chi connectivity index (χ3n) is 7.75. The van der Waals surface area contributed by atoms with Crippen LogP contribution in [0.15, 0.2) is 121 Å². The van der Waals surface area contributed by atoms with Crippen molar-refractivity contribution in [3.8, 4) is 23.0 Å². The zero-order chi connectivity index (χ0) is 36.7. The van der Waals surface area contributed by atoms with Gasteiger partial charge in [-0.05, 0) is 134 Å². The van der Waals surface area contributed by atoms with E-state index in [1.807, 2.05) is 13.8 Å². The zero-order valence-corrected chi connectivity index (χ0v) is 29.1. The largest absolute Gasteiger partial charge is 0.462 e. The second kappa shape index (κ2) is 18.5. The Morgan fingerprint density at radius 1 is 0.423 bits per heavy atom. The molecule has 0 atom stereocenters. The first-order chi connectivity index (χ1) is 25.3. The van der Waals surface area contributed by atoms with Crippen molar-refractivity contribution in [2.45, 2.75) is 39.5 Å². The average molecular weight is 701 g/mol. The van der Waals surface area contributed by atoms with E-state index in [0.29, 0.717) is 69.8 Å². The maximum Gasteiger partial charge on any atom is 0.338 e. The SMILES string of the molecule is CCCCOC(=O)c1ccc(C(=O)Nc2ccc(Oc3ccc(Oc4ccc(NC(=O)c5ccc(C(=O)OCCCC)cc5)cc4)cc3)cc2)cc1. The van der Waals surface area contributed by atoms with Gasteiger partial charge < -0.3 is 29.6 Å². The van der Waals surface area contributed by atoms with Gasteiger partial charge in [-0.3, -0.25) is 9.59 Å². The van der Waals surface area contributed by atoms with Crippen LogP contribution in [-0.2, 0) is 9.47 Å². The first-order valence-corrected chi connectivity index (χ1v) is 17.1. The van der Waals surface area contributed by atoms with Gasteiger partial charge in [-0.25, -0.2) is 9.59 Å². The number of anilines is 2. The van der Waals surface area contributed by atoms with E-state index in [2.05, 4.69) is 10.6 Å². The molecule has 0 aliphatic rings. The summed E-state index contributed by atoms with van der Waals surface area (Å²) in [5, 5.41) is 5.68. The normalized spacial score (nSPS) is 10.5. The molecule has 0 saturated heterocycles. The van der Waals surface area contributed by atoms with Crippen LogP contribution in [0, 0.1) is 0 Å². The smallest absolute Gasteiger partial charge is 0.338 e. The van der Waals surface area contributed by atoms with E-state index in [0.717, 1.165) is 25.7 Å². The molecule has 5 rings (SSSR count). The molecule has 5 aromatic rings. The molecular formula is C42H40N2O8. The molecule has 0 spiro atoms. The summed E-state index contributed by atoms with van der Waals surface area (Å²) in [6.07, 6.45) is 3.49. The van der Waals surface area contributed by atoms with Gasteiger partial charge >= 0.3 is 11.9 Å². The number of esters is 2. The number of carbonyl (C=O) groups excluding carboxylic acids is 4. The lowest BCUT2D eigenvalue weighted by Crippen LogP contribution is -2.12. The second-order valence-corrected chi connectivity index (χ2v) is 11.8. The number of carbonyl (C=O) groups is 4. The minimum Gasteiger partial charge on any atom is -0.462 e. The van der Waals surface area contributed by atoms with E-state index in [1.54, 1.807) is 121 Å². The average Bonchev–Trinajstić information content (AvgIpc) is 3.17. The minimum atomic E-state index is -0.405. The molecule has 266 valence electrons. The summed E-state index contributed by atoms with van der Waals surface area (Å²) in [6, 6.07) is 33.7. The molecule has 0 bridgehead atoms. The third-order valence-corrected chi connectivity index (χ3v) is 7.75. The highest BCUT2D eigenvalue weighted by atomic mass is 16.5. The van der Waals surface area contributed by atoms with Crippen molar-refractivity contribution in [3.63, 3.8) is 0 Å². The summed E-state index contributed by atoms with van der Waals surface area (Å²) >= 11 is 0. The summed E-state index contributed by atoms with van der Waals surface area (Å²) < 4.78 is 22.3. The number of hydrogen-bond acceptors (Lipinski definition) is 8. The van der Waals surface area contributed by atoms with E-state index in [-0.39, 0.29) is 11.8 Å². The quantitative estimate of drug-likeness (QED) is 0.0769. The molecule has 0 heterocycles. The van der Waals surface area contributed by atoms with Gasteiger partial charge in [0.2, 0.25) is 0 Å². The first-order valence-electron chi connectivity index (χ1n) is 17.1. The Hall–Kier alpha value is -6.42. The van der Waals surface area contributed by atoms with Crippen LogP contribution in [0.5, 0.6) is 23.0 Å². The van der Waals surface area contributed by atoms with Gasteiger partial charge in [0.15, 0.2) is 0 Å². The predicted molar refractivity (Wildman–Crippen MR) is 199 cm³/mol. The molecule has 0 aliphatic heterocycles. The van der Waals surface area contributed by atoms with Gasteiger partial charge in [0.25, 0.3) is 11.8 Å². The lowest BCUT2D eigenvalue weighted by molar-refractivity contribution is 0.0490. The van der Waals surface area contributed by atoms with E-state index in [4.69, 9.17) is 18.9 Å². The van der Waals surface area contributed by atoms with Crippen LogP contribution in [0.3, 0.4) is 0 Å². The third kappa shape index (κ3) is 10.8. The van der Waals surface area contributed by atoms with Gasteiger partial charge in [0, 0.05) is 22.5 Å². The van der Waals surface area contributed by atoms with Crippen LogP contribution in [0.2, 0.25) is 0 Å². The summed E-state index contributed by atoms with van der Waals surface area (Å²) in [7, 11) is 0. The van der Waals surface area contributed by atoms with Gasteiger partial charge in [-0.2, -0.15) is 0 Å². The van der Waals surface area contributed by atoms with Gasteiger partial charge in [0.1, 0.15) is 23.0 Å². The van der Waals surface area contributed by atoms with E-state index in [9.17, 15) is 19.2 Å². The molecule has 0 saturated carbocycles. The maximum absolute atomic E-state index is 12.7. The molecule has 2 N–H and O–H groups in total. The first kappa shape index (κ1) is 36.9. The molecule has 0 aliphatic carbocycles. The number of unbranched alkanes of at least 4 members (excludes halogenated alkanes) is 2. The van der Waals surface area contributed by atoms with Gasteiger partial charge in [-0.15, -0.1) is 0 Å². The fourth-order valence-electron chi connectivity index (χ4n) is 4.77. The number of amides is 2. The molecule has 10 nitrogen and oxygen atoms in total. The fourth-order valence-corrected chi connectivity index (χ4v) is 4.77. The second-order valence-electron chi connectivity index (χ2n) is 11.8. The Kier molecular flexibility index (Phi) is 13.1. The van der Waals surface area contributed by atoms with E-state index < -0.39 is 11.9 Å². The molecule has 5 aromatic carbocycles. The van der Waals surface area contributed by atoms with Crippen LogP contribution in [0.1, 0.15) is 81.0 Å². The highest BCUT2D eigenvalue weighted by Crippen LogP contribution is 2.28. The summed E-state index contributed by atoms with van der Waals surface area (Å²) in [5.74, 6) is 0.925. The van der Waals surface area contributed by atoms with Crippen LogP contribution in [0.4, 0.5) is 11.4 Å². The highest BCUT2D eigenvalue weighted by Gasteiger charge is 2.12. The Labute approximate surface area is 302 Å². The lowest BCUT2D eigenvalue weighted by atomic mass is 10.1. The van der Waals surface area contributed by atoms with E-state index in [1.165, 1.54) is 0 Å². The van der Waals surface area contributed by atoms with Crippen molar-refractivity contribution in [2.75, 3.05) is 23.8 Å². The molecule has 0 fully saturated rings. The molecule has 0 unspecified atom stereocenters. The van der Waals surface area contributed by atoms with Crippen LogP contribution in [0.25, 0.3) is 0 Å². The van der Waals surface area contributed by atoms with Crippen molar-refractivity contribution < 1.29 is 38.1 Å². The topological polar surface area (TPSA) is 129 Å². The fraction of sp³-hybridized carbons (Fsp3) is 0.190. The van der Waals surface area contributed by atoms with Crippen LogP contribution >= 0.6 is 0 Å². The van der Waals surface area contributed by atoms with Crippen molar-refractivity contribution in [1.82, 2.24) is 0 Å². The predicted octanol–water partition coefficient (Wildman–Crippen LogP) is 9.69. The van der Waals surface area contributed by atoms with Crippen molar-refractivity contribution >= 4 is 35.1 Å². The standard InChI is InChI=1S/C42H40N2O8/c1-3-5-27-49-41(47)31-11-7-29(8-12-31)39(45)43-33-15-19-35(20-16-33)51-37-23-25-38(26-24-37)52-36-21-17-34(18-22-36)44-40(46)30-9-13-32(14-10-30)42(48)50-28-6-4-2/h7-26H,3-6,27-28H2,1-2H3,(H,43,45)(H,44,46). The summed E-state index contributed by atoms with van der Waals surface area (Å²) in [4.78, 5) is 49.6. The van der Waals surface area contributed by atoms with Crippen molar-refractivity contribution in [3.05, 3.63) is 144 Å². The Balaban J connectivity index is 1.07. The number of ether oxygens (including phenoxy) is 4. The van der Waals surface area contributed by atoms with Crippen LogP contribution in [-0.4, -0.2) is 37.0 Å². The molecule has 10 heteroatoms. The molecule has 0 radical (unpaired) electrons. The lowest BCUT2D eigenvalue weighted by Gasteiger charge is -2.10. The summed E-state index contributed by atoms with van der Waals surface area (Å²) in [6.45, 7) is 4.79. The number of hydrogen-bond donors (Lipinski definition) is 2.